The van der Waals surface area contributed by atoms with Crippen molar-refractivity contribution in [3.8, 4) is 0 Å². The van der Waals surface area contributed by atoms with E-state index >= 15 is 0 Å². The third kappa shape index (κ3) is 6.03. The lowest BCUT2D eigenvalue weighted by Crippen LogP contribution is -2.05. The number of benzene rings is 1. The average molecular weight is 290 g/mol. The van der Waals surface area contributed by atoms with Crippen molar-refractivity contribution in [1.82, 2.24) is 0 Å². The van der Waals surface area contributed by atoms with Gasteiger partial charge in [-0.1, -0.05) is 24.3 Å². The molecule has 0 fully saturated rings. The number of hydrogen-bond acceptors (Lipinski definition) is 5. The van der Waals surface area contributed by atoms with E-state index in [-0.39, 0.29) is 18.6 Å². The molecule has 1 aromatic rings. The van der Waals surface area contributed by atoms with Gasteiger partial charge in [-0.25, -0.2) is 4.79 Å². The summed E-state index contributed by atoms with van der Waals surface area (Å²) in [4.78, 5) is 34.0. The molecule has 0 saturated carbocycles. The summed E-state index contributed by atoms with van der Waals surface area (Å²) in [7, 11) is 1.29. The zero-order valence-corrected chi connectivity index (χ0v) is 12.1. The Hall–Kier alpha value is -2.43. The highest BCUT2D eigenvalue weighted by Crippen LogP contribution is 2.10. The number of ether oxygens (including phenoxy) is 2. The van der Waals surface area contributed by atoms with Crippen LogP contribution in [0.25, 0.3) is 6.08 Å². The Balaban J connectivity index is 2.59. The van der Waals surface area contributed by atoms with E-state index in [0.29, 0.717) is 12.2 Å². The number of carbonyl (C=O) groups excluding carboxylic acids is 3. The lowest BCUT2D eigenvalue weighted by atomic mass is 10.0. The van der Waals surface area contributed by atoms with Gasteiger partial charge in [-0.2, -0.15) is 0 Å². The minimum atomic E-state index is -0.407. The van der Waals surface area contributed by atoms with Crippen LogP contribution in [0.1, 0.15) is 35.7 Å². The van der Waals surface area contributed by atoms with Gasteiger partial charge in [0.25, 0.3) is 0 Å². The van der Waals surface area contributed by atoms with E-state index in [9.17, 15) is 14.4 Å². The largest absolute Gasteiger partial charge is 0.469 e. The molecule has 0 aliphatic rings. The van der Waals surface area contributed by atoms with Gasteiger partial charge in [0.15, 0.2) is 5.78 Å². The van der Waals surface area contributed by atoms with Crippen LogP contribution in [0.2, 0.25) is 0 Å². The number of hydrogen-bond donors (Lipinski definition) is 0. The Labute approximate surface area is 123 Å². The first-order chi connectivity index (χ1) is 10.1. The summed E-state index contributed by atoms with van der Waals surface area (Å²) in [6.07, 6.45) is 3.13. The maximum absolute atomic E-state index is 11.8. The van der Waals surface area contributed by atoms with Crippen molar-refractivity contribution in [2.45, 2.75) is 19.8 Å². The van der Waals surface area contributed by atoms with E-state index in [4.69, 9.17) is 4.74 Å². The minimum Gasteiger partial charge on any atom is -0.469 e. The Bertz CT molecular complexity index is 528. The summed E-state index contributed by atoms with van der Waals surface area (Å²) >= 11 is 0. The number of esters is 2. The molecule has 0 radical (unpaired) electrons. The molecule has 5 nitrogen and oxygen atoms in total. The van der Waals surface area contributed by atoms with Gasteiger partial charge in [-0.05, 0) is 18.6 Å². The molecule has 0 aliphatic carbocycles. The van der Waals surface area contributed by atoms with Crippen LogP contribution in [0.4, 0.5) is 0 Å². The van der Waals surface area contributed by atoms with Crippen LogP contribution in [0.3, 0.4) is 0 Å². The summed E-state index contributed by atoms with van der Waals surface area (Å²) in [6.45, 7) is 2.07. The number of rotatable bonds is 7. The van der Waals surface area contributed by atoms with Gasteiger partial charge >= 0.3 is 11.9 Å². The lowest BCUT2D eigenvalue weighted by Gasteiger charge is -2.01. The molecule has 1 aromatic carbocycles. The van der Waals surface area contributed by atoms with Gasteiger partial charge in [0.1, 0.15) is 0 Å². The summed E-state index contributed by atoms with van der Waals surface area (Å²) in [5, 5.41) is 0. The Morgan fingerprint density at radius 1 is 1.10 bits per heavy atom. The normalized spacial score (nSPS) is 10.4. The maximum Gasteiger partial charge on any atom is 0.330 e. The molecule has 0 amide bonds. The van der Waals surface area contributed by atoms with Crippen molar-refractivity contribution in [1.29, 1.82) is 0 Å². The standard InChI is InChI=1S/C16H18O5/c1-3-21-16(19)10-6-12-4-7-13(8-5-12)14(17)9-11-15(18)20-2/h4-8,10H,3,9,11H2,1-2H3. The van der Waals surface area contributed by atoms with Gasteiger partial charge in [-0.3, -0.25) is 9.59 Å². The van der Waals surface area contributed by atoms with Gasteiger partial charge in [0.2, 0.25) is 0 Å². The van der Waals surface area contributed by atoms with Gasteiger partial charge in [-0.15, -0.1) is 0 Å². The minimum absolute atomic E-state index is 0.0693. The third-order valence-electron chi connectivity index (χ3n) is 2.71. The number of ketones is 1. The molecule has 0 heterocycles. The molecule has 0 atom stereocenters. The summed E-state index contributed by atoms with van der Waals surface area (Å²) in [6, 6.07) is 6.76. The molecule has 0 saturated heterocycles. The highest BCUT2D eigenvalue weighted by Gasteiger charge is 2.09. The van der Waals surface area contributed by atoms with Gasteiger partial charge in [0.05, 0.1) is 20.1 Å². The first kappa shape index (κ1) is 16.6. The van der Waals surface area contributed by atoms with E-state index in [1.54, 1.807) is 37.3 Å². The Morgan fingerprint density at radius 3 is 2.33 bits per heavy atom. The highest BCUT2D eigenvalue weighted by molar-refractivity contribution is 5.97. The fourth-order valence-corrected chi connectivity index (χ4v) is 1.60. The van der Waals surface area contributed by atoms with Crippen LogP contribution in [-0.4, -0.2) is 31.4 Å². The van der Waals surface area contributed by atoms with Gasteiger partial charge in [0, 0.05) is 18.1 Å². The zero-order valence-electron chi connectivity index (χ0n) is 12.1. The molecule has 0 aliphatic heterocycles. The molecular formula is C16H18O5. The highest BCUT2D eigenvalue weighted by atomic mass is 16.5. The molecule has 0 bridgehead atoms. The Kier molecular flexibility index (Phi) is 6.87. The molecule has 0 N–H and O–H groups in total. The summed E-state index contributed by atoms with van der Waals surface area (Å²) < 4.78 is 9.25. The second-order valence-corrected chi connectivity index (χ2v) is 4.21. The molecule has 112 valence electrons. The van der Waals surface area contributed by atoms with E-state index in [1.165, 1.54) is 13.2 Å². The van der Waals surface area contributed by atoms with Crippen molar-refractivity contribution < 1.29 is 23.9 Å². The Morgan fingerprint density at radius 2 is 1.76 bits per heavy atom. The topological polar surface area (TPSA) is 69.7 Å². The second kappa shape index (κ2) is 8.68. The van der Waals surface area contributed by atoms with Crippen molar-refractivity contribution in [3.05, 3.63) is 41.5 Å². The fraction of sp³-hybridized carbons (Fsp3) is 0.312. The predicted molar refractivity (Wildman–Crippen MR) is 77.7 cm³/mol. The molecule has 0 spiro atoms. The molecule has 0 aromatic heterocycles. The quantitative estimate of drug-likeness (QED) is 0.438. The number of carbonyl (C=O) groups is 3. The van der Waals surface area contributed by atoms with Crippen LogP contribution in [0.15, 0.2) is 30.3 Å². The maximum atomic E-state index is 11.8. The SMILES string of the molecule is CCOC(=O)C=Cc1ccc(C(=O)CCC(=O)OC)cc1. The van der Waals surface area contributed by atoms with Crippen LogP contribution in [0.5, 0.6) is 0 Å². The zero-order chi connectivity index (χ0) is 15.7. The van der Waals surface area contributed by atoms with Crippen LogP contribution >= 0.6 is 0 Å². The first-order valence-electron chi connectivity index (χ1n) is 6.61. The summed E-state index contributed by atoms with van der Waals surface area (Å²) in [5.74, 6) is -0.936. The third-order valence-corrected chi connectivity index (χ3v) is 2.71. The van der Waals surface area contributed by atoms with Crippen LogP contribution in [-0.2, 0) is 19.1 Å². The van der Waals surface area contributed by atoms with Crippen LogP contribution < -0.4 is 0 Å². The van der Waals surface area contributed by atoms with Crippen molar-refractivity contribution in [2.75, 3.05) is 13.7 Å². The fourth-order valence-electron chi connectivity index (χ4n) is 1.60. The molecule has 5 heteroatoms. The number of Topliss-reactive ketones (excluding diaryl/α,β-unsaturated/α-hetero) is 1. The second-order valence-electron chi connectivity index (χ2n) is 4.21. The first-order valence-corrected chi connectivity index (χ1v) is 6.61. The number of methoxy groups -OCH3 is 1. The smallest absolute Gasteiger partial charge is 0.330 e. The van der Waals surface area contributed by atoms with E-state index in [1.807, 2.05) is 0 Å². The van der Waals surface area contributed by atoms with Gasteiger partial charge < -0.3 is 9.47 Å². The molecule has 21 heavy (non-hydrogen) atoms. The monoisotopic (exact) mass is 290 g/mol. The molecule has 0 unspecified atom stereocenters. The van der Waals surface area contributed by atoms with Crippen molar-refractivity contribution in [3.63, 3.8) is 0 Å². The molecular weight excluding hydrogens is 272 g/mol. The summed E-state index contributed by atoms with van der Waals surface area (Å²) in [5.41, 5.74) is 1.31. The lowest BCUT2D eigenvalue weighted by molar-refractivity contribution is -0.140. The average Bonchev–Trinajstić information content (AvgIpc) is 2.51. The van der Waals surface area contributed by atoms with E-state index in [0.717, 1.165) is 5.56 Å². The van der Waals surface area contributed by atoms with Crippen molar-refractivity contribution >= 4 is 23.8 Å². The molecule has 1 rings (SSSR count). The van der Waals surface area contributed by atoms with Crippen molar-refractivity contribution in [2.24, 2.45) is 0 Å². The predicted octanol–water partition coefficient (Wildman–Crippen LogP) is 2.40. The van der Waals surface area contributed by atoms with Crippen LogP contribution in [0, 0.1) is 0 Å². The van der Waals surface area contributed by atoms with E-state index in [2.05, 4.69) is 4.74 Å². The van der Waals surface area contributed by atoms with E-state index < -0.39 is 11.9 Å².